The van der Waals surface area contributed by atoms with Crippen LogP contribution in [0.3, 0.4) is 0 Å². The summed E-state index contributed by atoms with van der Waals surface area (Å²) in [5.74, 6) is 1.07. The van der Waals surface area contributed by atoms with Gasteiger partial charge in [0.1, 0.15) is 17.7 Å². The van der Waals surface area contributed by atoms with Gasteiger partial charge in [0, 0.05) is 32.7 Å². The lowest BCUT2D eigenvalue weighted by atomic mass is 9.93. The van der Waals surface area contributed by atoms with Gasteiger partial charge in [0.2, 0.25) is 0 Å². The standard InChI is InChI=1S/C23H20Br2N2O2/c1-29-18-4-2-3-15(11-18)20-13-21(19-12-17(25)9-10-22(19)28)27-23(26-20)14-5-7-16(24)8-6-14/h2-12,21,23,27-28H,13H2,1H3. The molecule has 0 aliphatic carbocycles. The molecular weight excluding hydrogens is 496 g/mol. The third-order valence-electron chi connectivity index (χ3n) is 5.00. The van der Waals surface area contributed by atoms with Crippen LogP contribution in [0.2, 0.25) is 0 Å². The molecule has 0 saturated carbocycles. The van der Waals surface area contributed by atoms with Gasteiger partial charge in [0.15, 0.2) is 0 Å². The van der Waals surface area contributed by atoms with Crippen LogP contribution in [0.5, 0.6) is 11.5 Å². The van der Waals surface area contributed by atoms with Gasteiger partial charge in [-0.25, -0.2) is 0 Å². The van der Waals surface area contributed by atoms with Gasteiger partial charge in [-0.15, -0.1) is 0 Å². The molecule has 0 bridgehead atoms. The van der Waals surface area contributed by atoms with Crippen LogP contribution in [-0.4, -0.2) is 17.9 Å². The summed E-state index contributed by atoms with van der Waals surface area (Å²) in [4.78, 5) is 5.00. The molecule has 0 radical (unpaired) electrons. The van der Waals surface area contributed by atoms with E-state index in [1.165, 1.54) is 0 Å². The number of methoxy groups -OCH3 is 1. The number of nitrogens with zero attached hydrogens (tertiary/aromatic N) is 1. The molecule has 3 aromatic rings. The molecule has 1 heterocycles. The molecular formula is C23H20Br2N2O2. The molecule has 4 nitrogen and oxygen atoms in total. The first-order valence-corrected chi connectivity index (χ1v) is 10.8. The lowest BCUT2D eigenvalue weighted by Crippen LogP contribution is -2.33. The summed E-state index contributed by atoms with van der Waals surface area (Å²) in [6, 6.07) is 21.5. The second-order valence-corrected chi connectivity index (χ2v) is 8.72. The highest BCUT2D eigenvalue weighted by molar-refractivity contribution is 9.10. The van der Waals surface area contributed by atoms with Crippen LogP contribution in [0.1, 0.15) is 35.3 Å². The van der Waals surface area contributed by atoms with E-state index in [-0.39, 0.29) is 18.0 Å². The molecule has 0 aromatic heterocycles. The Labute approximate surface area is 186 Å². The van der Waals surface area contributed by atoms with Gasteiger partial charge in [-0.2, -0.15) is 0 Å². The molecule has 148 valence electrons. The quantitative estimate of drug-likeness (QED) is 0.438. The predicted octanol–water partition coefficient (Wildman–Crippen LogP) is 6.15. The Morgan fingerprint density at radius 3 is 2.52 bits per heavy atom. The molecule has 0 fully saturated rings. The van der Waals surface area contributed by atoms with Crippen LogP contribution in [0, 0.1) is 0 Å². The SMILES string of the molecule is COc1cccc(C2=NC(c3ccc(Br)cc3)NC(c3cc(Br)ccc3O)C2)c1. The molecule has 29 heavy (non-hydrogen) atoms. The Hall–Kier alpha value is -2.15. The molecule has 6 heteroatoms. The maximum absolute atomic E-state index is 10.5. The minimum Gasteiger partial charge on any atom is -0.508 e. The fraction of sp³-hybridized carbons (Fsp3) is 0.174. The van der Waals surface area contributed by atoms with Gasteiger partial charge in [0.25, 0.3) is 0 Å². The van der Waals surface area contributed by atoms with Crippen LogP contribution >= 0.6 is 31.9 Å². The van der Waals surface area contributed by atoms with Crippen LogP contribution in [0.25, 0.3) is 0 Å². The number of aromatic hydroxyl groups is 1. The number of phenols is 1. The summed E-state index contributed by atoms with van der Waals surface area (Å²) in [5, 5.41) is 14.1. The Bertz CT molecular complexity index is 1050. The number of phenolic OH excluding ortho intramolecular Hbond substituents is 1. The minimum atomic E-state index is -0.221. The highest BCUT2D eigenvalue weighted by Crippen LogP contribution is 2.36. The van der Waals surface area contributed by atoms with Gasteiger partial charge >= 0.3 is 0 Å². The van der Waals surface area contributed by atoms with Gasteiger partial charge in [0.05, 0.1) is 7.11 Å². The van der Waals surface area contributed by atoms with E-state index >= 15 is 0 Å². The van der Waals surface area contributed by atoms with Crippen molar-refractivity contribution in [3.63, 3.8) is 0 Å². The average Bonchev–Trinajstić information content (AvgIpc) is 2.75. The Balaban J connectivity index is 1.77. The first-order chi connectivity index (χ1) is 14.0. The number of rotatable bonds is 4. The molecule has 0 amide bonds. The summed E-state index contributed by atoms with van der Waals surface area (Å²) in [5.41, 5.74) is 3.90. The zero-order chi connectivity index (χ0) is 20.4. The highest BCUT2D eigenvalue weighted by Gasteiger charge is 2.28. The van der Waals surface area contributed by atoms with Gasteiger partial charge < -0.3 is 9.84 Å². The summed E-state index contributed by atoms with van der Waals surface area (Å²) in [7, 11) is 1.66. The number of halogens is 2. The lowest BCUT2D eigenvalue weighted by Gasteiger charge is -2.31. The third kappa shape index (κ3) is 4.55. The molecule has 0 spiro atoms. The van der Waals surface area contributed by atoms with Gasteiger partial charge in [-0.3, -0.25) is 10.3 Å². The van der Waals surface area contributed by atoms with Crippen LogP contribution < -0.4 is 10.1 Å². The van der Waals surface area contributed by atoms with E-state index in [0.29, 0.717) is 6.42 Å². The van der Waals surface area contributed by atoms with Crippen molar-refractivity contribution >= 4 is 37.6 Å². The number of aliphatic imine (C=N–C) groups is 1. The van der Waals surface area contributed by atoms with Crippen LogP contribution in [-0.2, 0) is 0 Å². The van der Waals surface area contributed by atoms with Crippen molar-refractivity contribution in [3.05, 3.63) is 92.4 Å². The van der Waals surface area contributed by atoms with Crippen molar-refractivity contribution in [2.75, 3.05) is 7.11 Å². The average molecular weight is 516 g/mol. The van der Waals surface area contributed by atoms with Crippen LogP contribution in [0.15, 0.2) is 80.7 Å². The number of ether oxygens (including phenoxy) is 1. The smallest absolute Gasteiger partial charge is 0.126 e. The fourth-order valence-electron chi connectivity index (χ4n) is 3.50. The molecule has 0 saturated heterocycles. The van der Waals surface area contributed by atoms with Crippen LogP contribution in [0.4, 0.5) is 0 Å². The van der Waals surface area contributed by atoms with E-state index in [2.05, 4.69) is 49.3 Å². The molecule has 2 atom stereocenters. The van der Waals surface area contributed by atoms with E-state index in [1.807, 2.05) is 48.5 Å². The number of benzene rings is 3. The highest BCUT2D eigenvalue weighted by atomic mass is 79.9. The topological polar surface area (TPSA) is 53.8 Å². The zero-order valence-corrected chi connectivity index (χ0v) is 18.9. The second kappa shape index (κ2) is 8.69. The Morgan fingerprint density at radius 2 is 1.76 bits per heavy atom. The van der Waals surface area contributed by atoms with Gasteiger partial charge in [-0.05, 0) is 53.6 Å². The first-order valence-electron chi connectivity index (χ1n) is 9.24. The van der Waals surface area contributed by atoms with Crippen molar-refractivity contribution < 1.29 is 9.84 Å². The van der Waals surface area contributed by atoms with Gasteiger partial charge in [-0.1, -0.05) is 56.1 Å². The molecule has 1 aliphatic heterocycles. The molecule has 2 unspecified atom stereocenters. The number of hydrogen-bond acceptors (Lipinski definition) is 4. The fourth-order valence-corrected chi connectivity index (χ4v) is 4.15. The Kier molecular flexibility index (Phi) is 6.04. The zero-order valence-electron chi connectivity index (χ0n) is 15.8. The first kappa shape index (κ1) is 20.1. The molecule has 3 aromatic carbocycles. The van der Waals surface area contributed by atoms with E-state index in [4.69, 9.17) is 9.73 Å². The van der Waals surface area contributed by atoms with Crippen molar-refractivity contribution in [3.8, 4) is 11.5 Å². The van der Waals surface area contributed by atoms with E-state index < -0.39 is 0 Å². The minimum absolute atomic E-state index is 0.0835. The maximum Gasteiger partial charge on any atom is 0.126 e. The number of hydrogen-bond donors (Lipinski definition) is 2. The second-order valence-electron chi connectivity index (χ2n) is 6.89. The molecule has 4 rings (SSSR count). The van der Waals surface area contributed by atoms with Crippen molar-refractivity contribution in [1.82, 2.24) is 5.32 Å². The van der Waals surface area contributed by atoms with Crippen molar-refractivity contribution in [1.29, 1.82) is 0 Å². The third-order valence-corrected chi connectivity index (χ3v) is 6.02. The maximum atomic E-state index is 10.5. The summed E-state index contributed by atoms with van der Waals surface area (Å²) in [6.45, 7) is 0. The van der Waals surface area contributed by atoms with Crippen molar-refractivity contribution in [2.45, 2.75) is 18.6 Å². The predicted molar refractivity (Wildman–Crippen MR) is 123 cm³/mol. The van der Waals surface area contributed by atoms with E-state index in [0.717, 1.165) is 37.1 Å². The lowest BCUT2D eigenvalue weighted by molar-refractivity contribution is 0.410. The number of nitrogens with one attached hydrogen (secondary N) is 1. The summed E-state index contributed by atoms with van der Waals surface area (Å²) >= 11 is 7.01. The van der Waals surface area contributed by atoms with E-state index in [9.17, 15) is 5.11 Å². The monoisotopic (exact) mass is 514 g/mol. The summed E-state index contributed by atoms with van der Waals surface area (Å²) in [6.07, 6.45) is 0.436. The Morgan fingerprint density at radius 1 is 1.00 bits per heavy atom. The molecule has 2 N–H and O–H groups in total. The van der Waals surface area contributed by atoms with E-state index in [1.54, 1.807) is 13.2 Å². The largest absolute Gasteiger partial charge is 0.508 e. The normalized spacial score (nSPS) is 18.9. The molecule has 1 aliphatic rings. The summed E-state index contributed by atoms with van der Waals surface area (Å²) < 4.78 is 7.35. The van der Waals surface area contributed by atoms with Crippen molar-refractivity contribution in [2.24, 2.45) is 4.99 Å².